The Morgan fingerprint density at radius 1 is 1.06 bits per heavy atom. The molecule has 0 bridgehead atoms. The number of carbonyl (C=O) groups is 1. The van der Waals surface area contributed by atoms with Gasteiger partial charge in [-0.2, -0.15) is 0 Å². The summed E-state index contributed by atoms with van der Waals surface area (Å²) in [4.78, 5) is 26.5. The van der Waals surface area contributed by atoms with E-state index < -0.39 is 0 Å². The Labute approximate surface area is 182 Å². The highest BCUT2D eigenvalue weighted by Crippen LogP contribution is 2.51. The molecule has 5 rings (SSSR count). The Kier molecular flexibility index (Phi) is 5.22. The summed E-state index contributed by atoms with van der Waals surface area (Å²) < 4.78 is 0. The van der Waals surface area contributed by atoms with Gasteiger partial charge < -0.3 is 10.2 Å². The van der Waals surface area contributed by atoms with Crippen LogP contribution in [0, 0.1) is 16.0 Å². The van der Waals surface area contributed by atoms with Gasteiger partial charge in [-0.15, -0.1) is 0 Å². The fraction of sp³-hybridized carbons (Fsp3) is 0.400. The number of para-hydroxylation sites is 1. The molecule has 160 valence electrons. The molecule has 6 nitrogen and oxygen atoms in total. The molecule has 3 unspecified atom stereocenters. The van der Waals surface area contributed by atoms with Gasteiger partial charge in [-0.05, 0) is 42.4 Å². The number of fused-ring (bicyclic) bond motifs is 3. The molecule has 6 heteroatoms. The Balaban J connectivity index is 1.54. The molecule has 0 spiro atoms. The van der Waals surface area contributed by atoms with Crippen LogP contribution in [-0.4, -0.2) is 28.8 Å². The van der Waals surface area contributed by atoms with E-state index in [1.807, 2.05) is 23.1 Å². The Hall–Kier alpha value is -3.15. The van der Waals surface area contributed by atoms with Crippen LogP contribution in [-0.2, 0) is 0 Å². The van der Waals surface area contributed by atoms with Crippen LogP contribution < -0.4 is 5.32 Å². The third-order valence-electron chi connectivity index (χ3n) is 6.96. The molecule has 1 N–H and O–H groups in total. The number of nitro benzene ring substituents is 1. The van der Waals surface area contributed by atoms with Crippen LogP contribution in [0.2, 0.25) is 0 Å². The minimum absolute atomic E-state index is 0.0783. The third-order valence-corrected chi connectivity index (χ3v) is 6.96. The molecule has 0 radical (unpaired) electrons. The van der Waals surface area contributed by atoms with Crippen LogP contribution in [0.3, 0.4) is 0 Å². The largest absolute Gasteiger partial charge is 0.377 e. The lowest BCUT2D eigenvalue weighted by molar-refractivity contribution is -0.384. The lowest BCUT2D eigenvalue weighted by Gasteiger charge is -2.38. The van der Waals surface area contributed by atoms with Gasteiger partial charge in [0.05, 0.1) is 22.2 Å². The smallest absolute Gasteiger partial charge is 0.269 e. The summed E-state index contributed by atoms with van der Waals surface area (Å²) in [5.74, 6) is 0.569. The first-order valence-corrected chi connectivity index (χ1v) is 11.2. The molecule has 1 aliphatic carbocycles. The molecule has 1 amide bonds. The molecule has 2 aromatic carbocycles. The van der Waals surface area contributed by atoms with Crippen molar-refractivity contribution >= 4 is 17.3 Å². The van der Waals surface area contributed by atoms with Crippen LogP contribution in [0.1, 0.15) is 65.5 Å². The van der Waals surface area contributed by atoms with E-state index in [-0.39, 0.29) is 34.4 Å². The Bertz CT molecular complexity index is 1040. The molecule has 1 fully saturated rings. The van der Waals surface area contributed by atoms with Crippen molar-refractivity contribution in [1.29, 1.82) is 0 Å². The first kappa shape index (κ1) is 19.8. The van der Waals surface area contributed by atoms with Crippen LogP contribution in [0.15, 0.2) is 54.6 Å². The second-order valence-electron chi connectivity index (χ2n) is 8.80. The van der Waals surface area contributed by atoms with E-state index in [1.54, 1.807) is 12.1 Å². The van der Waals surface area contributed by atoms with Crippen LogP contribution in [0.4, 0.5) is 11.4 Å². The average Bonchev–Trinajstić information content (AvgIpc) is 3.13. The third kappa shape index (κ3) is 3.60. The van der Waals surface area contributed by atoms with Gasteiger partial charge in [0.2, 0.25) is 0 Å². The number of nitro groups is 1. The van der Waals surface area contributed by atoms with Crippen molar-refractivity contribution < 1.29 is 9.72 Å². The first-order chi connectivity index (χ1) is 15.1. The molecule has 3 atom stereocenters. The topological polar surface area (TPSA) is 75.5 Å². The molecule has 2 heterocycles. The summed E-state index contributed by atoms with van der Waals surface area (Å²) in [6.07, 6.45) is 9.80. The number of amides is 1. The standard InChI is InChI=1S/C25H27N3O3/c29-25(27-14-3-1-2-4-15-27)22-13-7-12-21-19-10-6-11-20(19)23(26-24(21)22)17-8-5-9-18(16-17)28(30)31/h5-10,12-13,16,19-20,23,26H,1-4,11,14-15H2. The van der Waals surface area contributed by atoms with Crippen molar-refractivity contribution in [1.82, 2.24) is 4.90 Å². The fourth-order valence-electron chi connectivity index (χ4n) is 5.41. The van der Waals surface area contributed by atoms with E-state index in [9.17, 15) is 14.9 Å². The normalized spacial score (nSPS) is 24.6. The maximum absolute atomic E-state index is 13.5. The van der Waals surface area contributed by atoms with Gasteiger partial charge in [-0.1, -0.05) is 49.3 Å². The summed E-state index contributed by atoms with van der Waals surface area (Å²) in [7, 11) is 0. The summed E-state index contributed by atoms with van der Waals surface area (Å²) in [6.45, 7) is 1.62. The van der Waals surface area contributed by atoms with E-state index in [1.165, 1.54) is 18.9 Å². The van der Waals surface area contributed by atoms with Crippen molar-refractivity contribution in [3.8, 4) is 0 Å². The number of anilines is 1. The molecule has 3 aliphatic rings. The van der Waals surface area contributed by atoms with Gasteiger partial charge in [-0.3, -0.25) is 14.9 Å². The number of hydrogen-bond acceptors (Lipinski definition) is 4. The summed E-state index contributed by atoms with van der Waals surface area (Å²) in [6, 6.07) is 12.8. The Morgan fingerprint density at radius 3 is 2.61 bits per heavy atom. The van der Waals surface area contributed by atoms with Gasteiger partial charge >= 0.3 is 0 Å². The van der Waals surface area contributed by atoms with E-state index >= 15 is 0 Å². The quantitative estimate of drug-likeness (QED) is 0.410. The maximum Gasteiger partial charge on any atom is 0.269 e. The van der Waals surface area contributed by atoms with Crippen molar-refractivity contribution in [2.24, 2.45) is 5.92 Å². The monoisotopic (exact) mass is 417 g/mol. The predicted molar refractivity (Wildman–Crippen MR) is 120 cm³/mol. The molecule has 0 aromatic heterocycles. The van der Waals surface area contributed by atoms with Crippen molar-refractivity contribution in [2.75, 3.05) is 18.4 Å². The number of allylic oxidation sites excluding steroid dienone is 2. The Morgan fingerprint density at radius 2 is 1.84 bits per heavy atom. The molecular formula is C25H27N3O3. The first-order valence-electron chi connectivity index (χ1n) is 11.2. The number of likely N-dealkylation sites (tertiary alicyclic amines) is 1. The average molecular weight is 418 g/mol. The second kappa shape index (κ2) is 8.17. The van der Waals surface area contributed by atoms with Crippen LogP contribution in [0.25, 0.3) is 0 Å². The maximum atomic E-state index is 13.5. The number of benzene rings is 2. The fourth-order valence-corrected chi connectivity index (χ4v) is 5.41. The summed E-state index contributed by atoms with van der Waals surface area (Å²) in [5.41, 5.74) is 3.76. The van der Waals surface area contributed by atoms with Gasteiger partial charge in [0.15, 0.2) is 0 Å². The van der Waals surface area contributed by atoms with E-state index in [0.717, 1.165) is 49.2 Å². The van der Waals surface area contributed by atoms with Gasteiger partial charge in [0.25, 0.3) is 11.6 Å². The number of carbonyl (C=O) groups excluding carboxylic acids is 1. The number of non-ortho nitro benzene ring substituents is 1. The number of rotatable bonds is 3. The second-order valence-corrected chi connectivity index (χ2v) is 8.80. The highest BCUT2D eigenvalue weighted by molar-refractivity contribution is 6.00. The molecular weight excluding hydrogens is 390 g/mol. The van der Waals surface area contributed by atoms with E-state index in [0.29, 0.717) is 5.56 Å². The highest BCUT2D eigenvalue weighted by atomic mass is 16.6. The van der Waals surface area contributed by atoms with Crippen LogP contribution in [0.5, 0.6) is 0 Å². The molecule has 2 aromatic rings. The molecule has 2 aliphatic heterocycles. The highest BCUT2D eigenvalue weighted by Gasteiger charge is 2.40. The van der Waals surface area contributed by atoms with Crippen molar-refractivity contribution in [2.45, 2.75) is 44.1 Å². The molecule has 31 heavy (non-hydrogen) atoms. The number of nitrogens with zero attached hydrogens (tertiary/aromatic N) is 2. The predicted octanol–water partition coefficient (Wildman–Crippen LogP) is 5.44. The number of nitrogens with one attached hydrogen (secondary N) is 1. The minimum Gasteiger partial charge on any atom is -0.377 e. The van der Waals surface area contributed by atoms with Gasteiger partial charge in [0, 0.05) is 31.1 Å². The van der Waals surface area contributed by atoms with Gasteiger partial charge in [0.1, 0.15) is 0 Å². The van der Waals surface area contributed by atoms with Crippen LogP contribution >= 0.6 is 0 Å². The summed E-state index contributed by atoms with van der Waals surface area (Å²) in [5, 5.41) is 15.0. The lowest BCUT2D eigenvalue weighted by atomic mass is 9.76. The zero-order chi connectivity index (χ0) is 21.4. The SMILES string of the molecule is O=C(c1cccc2c1NC(c1cccc([N+](=O)[O-])c1)C1CC=CC21)N1CCCCCC1. The summed E-state index contributed by atoms with van der Waals surface area (Å²) >= 11 is 0. The van der Waals surface area contributed by atoms with Crippen molar-refractivity contribution in [3.05, 3.63) is 81.4 Å². The van der Waals surface area contributed by atoms with Gasteiger partial charge in [-0.25, -0.2) is 0 Å². The number of hydrogen-bond donors (Lipinski definition) is 1. The zero-order valence-corrected chi connectivity index (χ0v) is 17.5. The van der Waals surface area contributed by atoms with E-state index in [2.05, 4.69) is 23.5 Å². The minimum atomic E-state index is -0.348. The van der Waals surface area contributed by atoms with Crippen molar-refractivity contribution in [3.63, 3.8) is 0 Å². The van der Waals surface area contributed by atoms with E-state index in [4.69, 9.17) is 0 Å². The zero-order valence-electron chi connectivity index (χ0n) is 17.5. The molecule has 1 saturated heterocycles. The lowest BCUT2D eigenvalue weighted by Crippen LogP contribution is -2.35. The molecule has 0 saturated carbocycles.